The van der Waals surface area contributed by atoms with E-state index in [2.05, 4.69) is 31.1 Å². The fraction of sp³-hybridized carbons (Fsp3) is 0.700. The topological polar surface area (TPSA) is 24.9 Å². The smallest absolute Gasteiger partial charge is 0.103 e. The lowest BCUT2D eigenvalue weighted by molar-refractivity contribution is 0.802. The Hall–Kier alpha value is -0.0600. The zero-order valence-electron chi connectivity index (χ0n) is 9.26. The molecule has 2 nitrogen and oxygen atoms in total. The van der Waals surface area contributed by atoms with Crippen molar-refractivity contribution in [2.45, 2.75) is 37.8 Å². The average molecular weight is 230 g/mol. The predicted molar refractivity (Wildman–Crippen MR) is 65.9 cm³/mol. The molecule has 0 radical (unpaired) electrons. The van der Waals surface area contributed by atoms with E-state index in [1.165, 1.54) is 9.88 Å². The van der Waals surface area contributed by atoms with E-state index >= 15 is 0 Å². The van der Waals surface area contributed by atoms with Crippen molar-refractivity contribution < 1.29 is 0 Å². The summed E-state index contributed by atoms with van der Waals surface area (Å²) in [5.74, 6) is 1.03. The molecule has 1 aromatic rings. The molecule has 4 heteroatoms. The van der Waals surface area contributed by atoms with Gasteiger partial charge in [-0.1, -0.05) is 20.8 Å². The van der Waals surface area contributed by atoms with E-state index in [0.29, 0.717) is 4.75 Å². The molecule has 0 bridgehead atoms. The Kier molecular flexibility index (Phi) is 4.41. The fourth-order valence-electron chi connectivity index (χ4n) is 0.949. The van der Waals surface area contributed by atoms with Gasteiger partial charge in [0.05, 0.1) is 0 Å². The normalized spacial score (nSPS) is 12.0. The molecule has 0 amide bonds. The number of hydrogen-bond donors (Lipinski definition) is 1. The van der Waals surface area contributed by atoms with Crippen LogP contribution in [-0.4, -0.2) is 16.8 Å². The Labute approximate surface area is 94.5 Å². The monoisotopic (exact) mass is 230 g/mol. The number of thiazole rings is 1. The molecule has 1 heterocycles. The third-order valence-corrected chi connectivity index (χ3v) is 4.04. The van der Waals surface area contributed by atoms with Crippen LogP contribution in [0.1, 0.15) is 30.7 Å². The molecule has 0 fully saturated rings. The fourth-order valence-corrected chi connectivity index (χ4v) is 2.72. The molecular formula is C10H18N2S2. The van der Waals surface area contributed by atoms with Gasteiger partial charge in [0.15, 0.2) is 0 Å². The first-order valence-electron chi connectivity index (χ1n) is 4.73. The molecule has 1 rings (SSSR count). The molecular weight excluding hydrogens is 212 g/mol. The SMILES string of the molecule is CNCc1cnc(CSC(C)(C)C)s1. The lowest BCUT2D eigenvalue weighted by atomic mass is 10.3. The lowest BCUT2D eigenvalue weighted by Crippen LogP contribution is -2.07. The van der Waals surface area contributed by atoms with Crippen molar-refractivity contribution in [1.29, 1.82) is 0 Å². The maximum absolute atomic E-state index is 4.40. The highest BCUT2D eigenvalue weighted by Crippen LogP contribution is 2.28. The van der Waals surface area contributed by atoms with Crippen molar-refractivity contribution in [2.24, 2.45) is 0 Å². The predicted octanol–water partition coefficient (Wildman–Crippen LogP) is 2.89. The van der Waals surface area contributed by atoms with Crippen LogP contribution in [0.2, 0.25) is 0 Å². The molecule has 1 aromatic heterocycles. The molecule has 0 atom stereocenters. The second kappa shape index (κ2) is 5.14. The van der Waals surface area contributed by atoms with Gasteiger partial charge in [-0.25, -0.2) is 4.98 Å². The largest absolute Gasteiger partial charge is 0.315 e. The molecule has 1 N–H and O–H groups in total. The van der Waals surface area contributed by atoms with Crippen LogP contribution in [-0.2, 0) is 12.3 Å². The zero-order chi connectivity index (χ0) is 10.6. The molecule has 0 aliphatic rings. The molecule has 80 valence electrons. The van der Waals surface area contributed by atoms with Crippen molar-refractivity contribution >= 4 is 23.1 Å². The van der Waals surface area contributed by atoms with Gasteiger partial charge < -0.3 is 5.32 Å². The summed E-state index contributed by atoms with van der Waals surface area (Å²) in [5, 5.41) is 4.36. The Balaban J connectivity index is 2.44. The van der Waals surface area contributed by atoms with E-state index in [9.17, 15) is 0 Å². The highest BCUT2D eigenvalue weighted by atomic mass is 32.2. The van der Waals surface area contributed by atoms with E-state index < -0.39 is 0 Å². The summed E-state index contributed by atoms with van der Waals surface area (Å²) < 4.78 is 0.328. The van der Waals surface area contributed by atoms with Gasteiger partial charge in [0.25, 0.3) is 0 Å². The maximum Gasteiger partial charge on any atom is 0.103 e. The molecule has 0 saturated carbocycles. The standard InChI is InChI=1S/C10H18N2S2/c1-10(2,3)13-7-9-12-6-8(14-9)5-11-4/h6,11H,5,7H2,1-4H3. The average Bonchev–Trinajstić information content (AvgIpc) is 2.49. The Morgan fingerprint density at radius 3 is 2.79 bits per heavy atom. The number of nitrogens with one attached hydrogen (secondary N) is 1. The number of rotatable bonds is 4. The third-order valence-electron chi connectivity index (χ3n) is 1.58. The quantitative estimate of drug-likeness (QED) is 0.861. The van der Waals surface area contributed by atoms with Crippen LogP contribution >= 0.6 is 23.1 Å². The van der Waals surface area contributed by atoms with Crippen LogP contribution in [0.25, 0.3) is 0 Å². The van der Waals surface area contributed by atoms with E-state index in [-0.39, 0.29) is 0 Å². The molecule has 0 spiro atoms. The van der Waals surface area contributed by atoms with Gasteiger partial charge in [0, 0.05) is 28.1 Å². The highest BCUT2D eigenvalue weighted by molar-refractivity contribution is 7.99. The van der Waals surface area contributed by atoms with Crippen molar-refractivity contribution in [2.75, 3.05) is 7.05 Å². The molecule has 14 heavy (non-hydrogen) atoms. The summed E-state index contributed by atoms with van der Waals surface area (Å²) in [6.07, 6.45) is 1.97. The second-order valence-corrected chi connectivity index (χ2v) is 7.15. The first-order valence-corrected chi connectivity index (χ1v) is 6.53. The maximum atomic E-state index is 4.40. The van der Waals surface area contributed by atoms with Crippen molar-refractivity contribution in [3.05, 3.63) is 16.1 Å². The number of hydrogen-bond acceptors (Lipinski definition) is 4. The number of nitrogens with zero attached hydrogens (tertiary/aromatic N) is 1. The summed E-state index contributed by atoms with van der Waals surface area (Å²) in [4.78, 5) is 5.71. The third kappa shape index (κ3) is 4.44. The van der Waals surface area contributed by atoms with Gasteiger partial charge >= 0.3 is 0 Å². The molecule has 0 aliphatic carbocycles. The van der Waals surface area contributed by atoms with E-state index in [4.69, 9.17) is 0 Å². The summed E-state index contributed by atoms with van der Waals surface area (Å²) >= 11 is 3.75. The summed E-state index contributed by atoms with van der Waals surface area (Å²) in [6, 6.07) is 0. The minimum Gasteiger partial charge on any atom is -0.315 e. The summed E-state index contributed by atoms with van der Waals surface area (Å²) in [5.41, 5.74) is 0. The Morgan fingerprint density at radius 2 is 2.21 bits per heavy atom. The van der Waals surface area contributed by atoms with Crippen LogP contribution < -0.4 is 5.32 Å². The van der Waals surface area contributed by atoms with Crippen LogP contribution in [0.15, 0.2) is 6.20 Å². The van der Waals surface area contributed by atoms with Crippen molar-refractivity contribution in [3.8, 4) is 0 Å². The van der Waals surface area contributed by atoms with Crippen molar-refractivity contribution in [3.63, 3.8) is 0 Å². The van der Waals surface area contributed by atoms with E-state index in [1.54, 1.807) is 11.3 Å². The van der Waals surface area contributed by atoms with Gasteiger partial charge in [-0.2, -0.15) is 0 Å². The zero-order valence-corrected chi connectivity index (χ0v) is 10.9. The number of thioether (sulfide) groups is 1. The van der Waals surface area contributed by atoms with E-state index in [1.807, 2.05) is 25.0 Å². The van der Waals surface area contributed by atoms with E-state index in [0.717, 1.165) is 12.3 Å². The minimum atomic E-state index is 0.328. The van der Waals surface area contributed by atoms with Crippen LogP contribution in [0.4, 0.5) is 0 Å². The second-order valence-electron chi connectivity index (χ2n) is 4.15. The minimum absolute atomic E-state index is 0.328. The summed E-state index contributed by atoms with van der Waals surface area (Å²) in [6.45, 7) is 7.64. The number of aromatic nitrogens is 1. The molecule has 0 unspecified atom stereocenters. The Bertz CT molecular complexity index is 276. The first-order chi connectivity index (χ1) is 6.51. The molecule has 0 saturated heterocycles. The van der Waals surface area contributed by atoms with Gasteiger partial charge in [0.1, 0.15) is 5.01 Å². The highest BCUT2D eigenvalue weighted by Gasteiger charge is 2.11. The van der Waals surface area contributed by atoms with Crippen molar-refractivity contribution in [1.82, 2.24) is 10.3 Å². The summed E-state index contributed by atoms with van der Waals surface area (Å²) in [7, 11) is 1.96. The molecule has 0 aromatic carbocycles. The molecule has 0 aliphatic heterocycles. The lowest BCUT2D eigenvalue weighted by Gasteiger charge is -2.15. The van der Waals surface area contributed by atoms with Crippen LogP contribution in [0.3, 0.4) is 0 Å². The van der Waals surface area contributed by atoms with Crippen LogP contribution in [0.5, 0.6) is 0 Å². The van der Waals surface area contributed by atoms with Gasteiger partial charge in [-0.05, 0) is 7.05 Å². The van der Waals surface area contributed by atoms with Gasteiger partial charge in [-0.3, -0.25) is 0 Å². The van der Waals surface area contributed by atoms with Crippen LogP contribution in [0, 0.1) is 0 Å². The van der Waals surface area contributed by atoms with Gasteiger partial charge in [-0.15, -0.1) is 23.1 Å². The van der Waals surface area contributed by atoms with Gasteiger partial charge in [0.2, 0.25) is 0 Å². The first kappa shape index (κ1) is 12.0. The Morgan fingerprint density at radius 1 is 1.50 bits per heavy atom.